The van der Waals surface area contributed by atoms with Crippen molar-refractivity contribution in [3.8, 4) is 0 Å². The zero-order valence-corrected chi connectivity index (χ0v) is 9.20. The summed E-state index contributed by atoms with van der Waals surface area (Å²) in [5.74, 6) is 0.139. The number of carbonyl (C=O) groups is 1. The van der Waals surface area contributed by atoms with Crippen LogP contribution in [0.15, 0.2) is 0 Å². The summed E-state index contributed by atoms with van der Waals surface area (Å²) in [7, 11) is 0. The minimum absolute atomic E-state index is 0.0186. The Kier molecular flexibility index (Phi) is 7.42. The molecule has 0 radical (unpaired) electrons. The fourth-order valence-electron chi connectivity index (χ4n) is 1.40. The summed E-state index contributed by atoms with van der Waals surface area (Å²) in [6, 6.07) is 0. The highest BCUT2D eigenvalue weighted by Gasteiger charge is 2.17. The molecular weight excluding hydrogens is 180 g/mol. The van der Waals surface area contributed by atoms with Crippen LogP contribution in [-0.2, 0) is 4.79 Å². The van der Waals surface area contributed by atoms with Gasteiger partial charge in [0, 0.05) is 19.0 Å². The summed E-state index contributed by atoms with van der Waals surface area (Å²) in [4.78, 5) is 13.4. The molecule has 0 aromatic carbocycles. The molecule has 1 unspecified atom stereocenters. The maximum Gasteiger partial charge on any atom is 0.225 e. The van der Waals surface area contributed by atoms with Gasteiger partial charge in [-0.05, 0) is 26.3 Å². The number of nitrogens with zero attached hydrogens (tertiary/aromatic N) is 1. The first-order chi connectivity index (χ1) is 6.67. The van der Waals surface area contributed by atoms with Crippen molar-refractivity contribution in [2.75, 3.05) is 26.2 Å². The Morgan fingerprint density at radius 3 is 2.64 bits per heavy atom. The average Bonchev–Trinajstić information content (AvgIpc) is 2.21. The first-order valence-corrected chi connectivity index (χ1v) is 5.27. The number of rotatable bonds is 7. The third kappa shape index (κ3) is 4.58. The Morgan fingerprint density at radius 2 is 2.21 bits per heavy atom. The zero-order valence-electron chi connectivity index (χ0n) is 9.20. The molecule has 0 aromatic rings. The van der Waals surface area contributed by atoms with Gasteiger partial charge in [0.25, 0.3) is 0 Å². The summed E-state index contributed by atoms with van der Waals surface area (Å²) in [6.07, 6.45) is 1.71. The van der Waals surface area contributed by atoms with Gasteiger partial charge in [0.2, 0.25) is 5.91 Å². The Bertz CT molecular complexity index is 162. The summed E-state index contributed by atoms with van der Waals surface area (Å²) >= 11 is 0. The molecule has 0 aliphatic heterocycles. The normalized spacial score (nSPS) is 12.6. The van der Waals surface area contributed by atoms with Crippen LogP contribution in [0.2, 0.25) is 0 Å². The molecule has 0 fully saturated rings. The Labute approximate surface area is 86.1 Å². The van der Waals surface area contributed by atoms with Crippen LogP contribution in [0.25, 0.3) is 0 Å². The second-order valence-electron chi connectivity index (χ2n) is 3.47. The van der Waals surface area contributed by atoms with Gasteiger partial charge >= 0.3 is 0 Å². The predicted octanol–water partition coefficient (Wildman–Crippen LogP) is 0.202. The predicted molar refractivity (Wildman–Crippen MR) is 56.8 cm³/mol. The third-order valence-electron chi connectivity index (χ3n) is 2.33. The van der Waals surface area contributed by atoms with E-state index in [0.29, 0.717) is 19.6 Å². The number of hydrogen-bond acceptors (Lipinski definition) is 3. The highest BCUT2D eigenvalue weighted by molar-refractivity contribution is 5.78. The lowest BCUT2D eigenvalue weighted by Crippen LogP contribution is -2.37. The standard InChI is InChI=1S/C10H22N2O2/c1-3-12(7-8-13)10(14)9(2)5-4-6-11/h9,13H,3-8,11H2,1-2H3. The third-order valence-corrected chi connectivity index (χ3v) is 2.33. The average molecular weight is 202 g/mol. The Balaban J connectivity index is 3.99. The zero-order chi connectivity index (χ0) is 11.0. The summed E-state index contributed by atoms with van der Waals surface area (Å²) in [6.45, 7) is 5.59. The van der Waals surface area contributed by atoms with Gasteiger partial charge in [0.15, 0.2) is 0 Å². The number of aliphatic hydroxyl groups excluding tert-OH is 1. The number of aliphatic hydroxyl groups is 1. The molecular formula is C10H22N2O2. The minimum Gasteiger partial charge on any atom is -0.395 e. The van der Waals surface area contributed by atoms with E-state index in [-0.39, 0.29) is 18.4 Å². The number of amides is 1. The van der Waals surface area contributed by atoms with E-state index < -0.39 is 0 Å². The van der Waals surface area contributed by atoms with Gasteiger partial charge in [-0.25, -0.2) is 0 Å². The molecule has 4 heteroatoms. The van der Waals surface area contributed by atoms with E-state index in [9.17, 15) is 4.79 Å². The van der Waals surface area contributed by atoms with Crippen LogP contribution in [0.4, 0.5) is 0 Å². The summed E-state index contributed by atoms with van der Waals surface area (Å²) < 4.78 is 0. The summed E-state index contributed by atoms with van der Waals surface area (Å²) in [5.41, 5.74) is 5.38. The minimum atomic E-state index is 0.0186. The lowest BCUT2D eigenvalue weighted by molar-refractivity contribution is -0.135. The maximum atomic E-state index is 11.7. The van der Waals surface area contributed by atoms with Crippen molar-refractivity contribution in [3.63, 3.8) is 0 Å². The highest BCUT2D eigenvalue weighted by Crippen LogP contribution is 2.08. The van der Waals surface area contributed by atoms with Crippen LogP contribution in [0.1, 0.15) is 26.7 Å². The van der Waals surface area contributed by atoms with E-state index in [1.165, 1.54) is 0 Å². The largest absolute Gasteiger partial charge is 0.395 e. The number of likely N-dealkylation sites (N-methyl/N-ethyl adjacent to an activating group) is 1. The lowest BCUT2D eigenvalue weighted by Gasteiger charge is -2.23. The molecule has 84 valence electrons. The van der Waals surface area contributed by atoms with E-state index in [2.05, 4.69) is 0 Å². The van der Waals surface area contributed by atoms with Gasteiger partial charge in [-0.2, -0.15) is 0 Å². The number of nitrogens with two attached hydrogens (primary N) is 1. The van der Waals surface area contributed by atoms with Crippen molar-refractivity contribution in [1.82, 2.24) is 4.90 Å². The first-order valence-electron chi connectivity index (χ1n) is 5.27. The van der Waals surface area contributed by atoms with Gasteiger partial charge in [0.1, 0.15) is 0 Å². The Hall–Kier alpha value is -0.610. The topological polar surface area (TPSA) is 66.6 Å². The molecule has 14 heavy (non-hydrogen) atoms. The molecule has 0 aliphatic carbocycles. The van der Waals surface area contributed by atoms with Crippen molar-refractivity contribution >= 4 is 5.91 Å². The van der Waals surface area contributed by atoms with Crippen LogP contribution in [0.3, 0.4) is 0 Å². The van der Waals surface area contributed by atoms with Crippen LogP contribution >= 0.6 is 0 Å². The van der Waals surface area contributed by atoms with Gasteiger partial charge in [-0.1, -0.05) is 6.92 Å². The molecule has 1 atom stereocenters. The van der Waals surface area contributed by atoms with Gasteiger partial charge in [-0.3, -0.25) is 4.79 Å². The molecule has 0 rings (SSSR count). The maximum absolute atomic E-state index is 11.7. The van der Waals surface area contributed by atoms with Gasteiger partial charge in [-0.15, -0.1) is 0 Å². The first kappa shape index (κ1) is 13.4. The fourth-order valence-corrected chi connectivity index (χ4v) is 1.40. The smallest absolute Gasteiger partial charge is 0.225 e. The molecule has 3 N–H and O–H groups in total. The van der Waals surface area contributed by atoms with Crippen molar-refractivity contribution in [3.05, 3.63) is 0 Å². The fraction of sp³-hybridized carbons (Fsp3) is 0.900. The second-order valence-corrected chi connectivity index (χ2v) is 3.47. The monoisotopic (exact) mass is 202 g/mol. The molecule has 0 aromatic heterocycles. The van der Waals surface area contributed by atoms with E-state index in [1.54, 1.807) is 4.90 Å². The summed E-state index contributed by atoms with van der Waals surface area (Å²) in [5, 5.41) is 8.76. The van der Waals surface area contributed by atoms with Crippen LogP contribution in [-0.4, -0.2) is 42.2 Å². The molecule has 0 saturated heterocycles. The van der Waals surface area contributed by atoms with Crippen molar-refractivity contribution < 1.29 is 9.90 Å². The highest BCUT2D eigenvalue weighted by atomic mass is 16.3. The van der Waals surface area contributed by atoms with Crippen LogP contribution in [0, 0.1) is 5.92 Å². The lowest BCUT2D eigenvalue weighted by atomic mass is 10.0. The van der Waals surface area contributed by atoms with Crippen molar-refractivity contribution in [2.24, 2.45) is 11.7 Å². The quantitative estimate of drug-likeness (QED) is 0.620. The van der Waals surface area contributed by atoms with Crippen molar-refractivity contribution in [1.29, 1.82) is 0 Å². The van der Waals surface area contributed by atoms with Crippen molar-refractivity contribution in [2.45, 2.75) is 26.7 Å². The van der Waals surface area contributed by atoms with E-state index in [1.807, 2.05) is 13.8 Å². The molecule has 1 amide bonds. The molecule has 0 aliphatic rings. The van der Waals surface area contributed by atoms with E-state index >= 15 is 0 Å². The SMILES string of the molecule is CCN(CCO)C(=O)C(C)CCCN. The Morgan fingerprint density at radius 1 is 1.57 bits per heavy atom. The molecule has 0 heterocycles. The molecule has 0 saturated carbocycles. The number of hydrogen-bond donors (Lipinski definition) is 2. The molecule has 0 bridgehead atoms. The van der Waals surface area contributed by atoms with Gasteiger partial charge < -0.3 is 15.7 Å². The molecule has 4 nitrogen and oxygen atoms in total. The second kappa shape index (κ2) is 7.76. The van der Waals surface area contributed by atoms with Crippen LogP contribution in [0.5, 0.6) is 0 Å². The van der Waals surface area contributed by atoms with Crippen LogP contribution < -0.4 is 5.73 Å². The molecule has 0 spiro atoms. The van der Waals surface area contributed by atoms with E-state index in [0.717, 1.165) is 12.8 Å². The number of carbonyl (C=O) groups excluding carboxylic acids is 1. The van der Waals surface area contributed by atoms with E-state index in [4.69, 9.17) is 10.8 Å². The van der Waals surface area contributed by atoms with Gasteiger partial charge in [0.05, 0.1) is 6.61 Å².